The summed E-state index contributed by atoms with van der Waals surface area (Å²) in [5.41, 5.74) is 5.77. The van der Waals surface area contributed by atoms with E-state index in [0.29, 0.717) is 19.0 Å². The number of rotatable bonds is 7. The number of methoxy groups -OCH3 is 1. The number of amides is 2. The van der Waals surface area contributed by atoms with Gasteiger partial charge in [0.1, 0.15) is 5.75 Å². The van der Waals surface area contributed by atoms with Crippen molar-refractivity contribution in [2.24, 2.45) is 5.41 Å². The van der Waals surface area contributed by atoms with Crippen molar-refractivity contribution in [3.63, 3.8) is 0 Å². The lowest BCUT2D eigenvalue weighted by Crippen LogP contribution is -2.55. The summed E-state index contributed by atoms with van der Waals surface area (Å²) in [5, 5.41) is 1.04. The minimum atomic E-state index is -4.00. The molecule has 2 amide bonds. The van der Waals surface area contributed by atoms with Crippen LogP contribution in [0.25, 0.3) is 22.2 Å². The predicted octanol–water partition coefficient (Wildman–Crippen LogP) is 6.54. The fourth-order valence-corrected chi connectivity index (χ4v) is 9.33. The fraction of sp³-hybridized carbons (Fsp3) is 0.463. The van der Waals surface area contributed by atoms with Crippen molar-refractivity contribution in [1.82, 2.24) is 23.4 Å². The van der Waals surface area contributed by atoms with Crippen LogP contribution in [0.4, 0.5) is 0 Å². The van der Waals surface area contributed by atoms with Crippen molar-refractivity contribution in [2.75, 3.05) is 47.9 Å². The first kappa shape index (κ1) is 36.2. The molecule has 3 heterocycles. The van der Waals surface area contributed by atoms with Gasteiger partial charge in [0, 0.05) is 62.3 Å². The summed E-state index contributed by atoms with van der Waals surface area (Å²) in [7, 11) is 2.56. The highest BCUT2D eigenvalue weighted by Gasteiger charge is 2.49. The van der Waals surface area contributed by atoms with Crippen LogP contribution in [0.15, 0.2) is 66.7 Å². The molecule has 7 rings (SSSR count). The third kappa shape index (κ3) is 6.30. The van der Waals surface area contributed by atoms with Gasteiger partial charge in [-0.1, -0.05) is 62.6 Å². The normalized spacial score (nSPS) is 22.9. The molecule has 11 heteroatoms. The van der Waals surface area contributed by atoms with Crippen LogP contribution in [-0.4, -0.2) is 86.8 Å². The van der Waals surface area contributed by atoms with Gasteiger partial charge in [0.25, 0.3) is 5.91 Å². The second-order valence-corrected chi connectivity index (χ2v) is 17.3. The van der Waals surface area contributed by atoms with Crippen LogP contribution >= 0.6 is 0 Å². The number of carbonyl (C=O) groups is 2. The van der Waals surface area contributed by atoms with E-state index in [-0.39, 0.29) is 23.4 Å². The van der Waals surface area contributed by atoms with Crippen LogP contribution in [0, 0.1) is 5.41 Å². The molecule has 3 aromatic carbocycles. The first-order chi connectivity index (χ1) is 24.8. The number of fused-ring (bicyclic) bond motifs is 5. The average molecular weight is 726 g/mol. The lowest BCUT2D eigenvalue weighted by molar-refractivity contribution is -0.148. The Labute approximate surface area is 307 Å². The zero-order valence-corrected chi connectivity index (χ0v) is 32.0. The molecule has 1 saturated carbocycles. The Kier molecular flexibility index (Phi) is 9.73. The number of nitrogens with zero attached hydrogens (tertiary/aromatic N) is 4. The highest BCUT2D eigenvalue weighted by Crippen LogP contribution is 2.53. The summed E-state index contributed by atoms with van der Waals surface area (Å²) in [5.74, 6) is 0.265. The van der Waals surface area contributed by atoms with Crippen LogP contribution in [0.5, 0.6) is 5.75 Å². The largest absolute Gasteiger partial charge is 0.497 e. The Bertz CT molecular complexity index is 2110. The molecule has 4 aromatic rings. The number of likely N-dealkylation sites (N-methyl/N-ethyl adjacent to an activating group) is 1. The number of benzene rings is 3. The zero-order chi connectivity index (χ0) is 36.9. The van der Waals surface area contributed by atoms with E-state index < -0.39 is 21.5 Å². The van der Waals surface area contributed by atoms with Gasteiger partial charge in [0.15, 0.2) is 0 Å². The van der Waals surface area contributed by atoms with E-state index in [2.05, 4.69) is 64.2 Å². The lowest BCUT2D eigenvalue weighted by Gasteiger charge is -2.46. The van der Waals surface area contributed by atoms with Gasteiger partial charge in [0.05, 0.1) is 24.3 Å². The Balaban J connectivity index is 1.45. The van der Waals surface area contributed by atoms with Crippen LogP contribution in [0.3, 0.4) is 0 Å². The van der Waals surface area contributed by atoms with E-state index in [9.17, 15) is 13.2 Å². The molecule has 3 atom stereocenters. The van der Waals surface area contributed by atoms with Crippen LogP contribution in [0.1, 0.15) is 90.9 Å². The number of nitrogens with one attached hydrogen (secondary N) is 1. The monoisotopic (exact) mass is 725 g/mol. The van der Waals surface area contributed by atoms with E-state index in [4.69, 9.17) is 4.74 Å². The van der Waals surface area contributed by atoms with Gasteiger partial charge in [-0.15, -0.1) is 0 Å². The topological polar surface area (TPSA) is 104 Å². The van der Waals surface area contributed by atoms with Crippen molar-refractivity contribution >= 4 is 32.9 Å². The first-order valence-corrected chi connectivity index (χ1v) is 19.9. The van der Waals surface area contributed by atoms with Crippen LogP contribution in [0.2, 0.25) is 0 Å². The van der Waals surface area contributed by atoms with E-state index in [0.717, 1.165) is 82.1 Å². The molecular formula is C41H51N5O5S. The Morgan fingerprint density at radius 3 is 2.38 bits per heavy atom. The average Bonchev–Trinajstić information content (AvgIpc) is 3.42. The van der Waals surface area contributed by atoms with Crippen LogP contribution < -0.4 is 9.46 Å². The molecule has 276 valence electrons. The molecule has 3 aliphatic rings. The van der Waals surface area contributed by atoms with Crippen molar-refractivity contribution < 1.29 is 22.7 Å². The van der Waals surface area contributed by atoms with Gasteiger partial charge in [-0.25, -0.2) is 4.72 Å². The summed E-state index contributed by atoms with van der Waals surface area (Å²) in [6, 6.07) is 22.0. The molecule has 52 heavy (non-hydrogen) atoms. The highest BCUT2D eigenvalue weighted by atomic mass is 32.2. The number of aromatic nitrogens is 1. The first-order valence-electron chi connectivity index (χ1n) is 18.5. The fourth-order valence-electron chi connectivity index (χ4n) is 8.80. The molecule has 0 bridgehead atoms. The maximum absolute atomic E-state index is 15.5. The maximum atomic E-state index is 15.5. The van der Waals surface area contributed by atoms with Gasteiger partial charge in [-0.05, 0) is 85.7 Å². The van der Waals surface area contributed by atoms with Crippen molar-refractivity contribution in [3.05, 3.63) is 89.0 Å². The molecule has 1 aliphatic carbocycles. The maximum Gasteiger partial charge on any atom is 0.303 e. The minimum absolute atomic E-state index is 0.0932. The van der Waals surface area contributed by atoms with E-state index in [1.54, 1.807) is 13.2 Å². The molecular weight excluding hydrogens is 675 g/mol. The smallest absolute Gasteiger partial charge is 0.303 e. The third-order valence-electron chi connectivity index (χ3n) is 12.0. The zero-order valence-electron chi connectivity index (χ0n) is 31.2. The third-order valence-corrected chi connectivity index (χ3v) is 13.4. The molecule has 1 saturated heterocycles. The van der Waals surface area contributed by atoms with E-state index >= 15 is 4.79 Å². The quantitative estimate of drug-likeness (QED) is 0.232. The number of hydrogen-bond acceptors (Lipinski definition) is 6. The molecule has 1 aromatic heterocycles. The Morgan fingerprint density at radius 1 is 0.962 bits per heavy atom. The molecule has 10 nitrogen and oxygen atoms in total. The molecule has 0 radical (unpaired) electrons. The second kappa shape index (κ2) is 14.0. The molecule has 2 fully saturated rings. The van der Waals surface area contributed by atoms with Gasteiger partial charge >= 0.3 is 10.2 Å². The predicted molar refractivity (Wildman–Crippen MR) is 205 cm³/mol. The van der Waals surface area contributed by atoms with Crippen molar-refractivity contribution in [1.29, 1.82) is 0 Å². The van der Waals surface area contributed by atoms with Crippen molar-refractivity contribution in [3.8, 4) is 17.0 Å². The lowest BCUT2D eigenvalue weighted by atomic mass is 9.72. The summed E-state index contributed by atoms with van der Waals surface area (Å²) < 4.78 is 36.6. The van der Waals surface area contributed by atoms with Gasteiger partial charge in [0.2, 0.25) is 5.91 Å². The van der Waals surface area contributed by atoms with Crippen LogP contribution in [-0.2, 0) is 21.5 Å². The summed E-state index contributed by atoms with van der Waals surface area (Å²) in [4.78, 5) is 33.4. The second-order valence-electron chi connectivity index (χ2n) is 15.4. The molecule has 1 unspecified atom stereocenters. The van der Waals surface area contributed by atoms with E-state index in [1.807, 2.05) is 36.4 Å². The number of ether oxygens (including phenoxy) is 1. The molecule has 2 aliphatic heterocycles. The van der Waals surface area contributed by atoms with Gasteiger partial charge in [-0.2, -0.15) is 12.7 Å². The highest BCUT2D eigenvalue weighted by molar-refractivity contribution is 7.87. The number of carbonyl (C=O) groups excluding carboxylic acids is 2. The minimum Gasteiger partial charge on any atom is -0.497 e. The summed E-state index contributed by atoms with van der Waals surface area (Å²) in [6.45, 7) is 6.79. The number of hydrogen-bond donors (Lipinski definition) is 1. The van der Waals surface area contributed by atoms with Crippen molar-refractivity contribution in [2.45, 2.75) is 70.4 Å². The van der Waals surface area contributed by atoms with Gasteiger partial charge in [-0.3, -0.25) is 9.59 Å². The summed E-state index contributed by atoms with van der Waals surface area (Å²) in [6.07, 6.45) is 5.62. The Morgan fingerprint density at radius 2 is 1.69 bits per heavy atom. The van der Waals surface area contributed by atoms with E-state index in [1.165, 1.54) is 26.1 Å². The SMILES string of the molecule is COc1ccc2c(c1)[C@H](C)[C@](C)(C(=O)N1CCN(C)CC1c1ccccc1)Cn1c-2c(C2CCCCC2)c2ccc(C(=O)NS(=O)(=O)N(C)C)cc21. The summed E-state index contributed by atoms with van der Waals surface area (Å²) >= 11 is 0. The Hall–Kier alpha value is -4.19. The van der Waals surface area contributed by atoms with Gasteiger partial charge < -0.3 is 19.1 Å². The molecule has 0 spiro atoms. The standard InChI is InChI=1S/C41H51N5O5S/c1-27-34-24-31(51-6)18-20-32(34)38-37(29-15-11-8-12-16-29)33-19-17-30(39(47)42-52(49,50)43(3)4)23-35(33)46(38)26-41(27,2)40(48)45-22-21-44(5)25-36(45)28-13-9-7-10-14-28/h7,9-10,13-14,17-20,23-24,27,29,36H,8,11-12,15-16,21-22,25-26H2,1-6H3,(H,42,47)/t27-,36?,41+/m0/s1. The number of piperazine rings is 1. The molecule has 1 N–H and O–H groups in total.